The molecule has 0 bridgehead atoms. The molecule has 0 heterocycles. The molecule has 84 valence electrons. The molecule has 0 N–H and O–H groups in total. The second-order valence-corrected chi connectivity index (χ2v) is 5.45. The molecule has 3 atom stereocenters. The van der Waals surface area contributed by atoms with Crippen LogP contribution in [0.5, 0.6) is 0 Å². The van der Waals surface area contributed by atoms with Gasteiger partial charge in [-0.2, -0.15) is 5.26 Å². The van der Waals surface area contributed by atoms with Crippen LogP contribution in [0.1, 0.15) is 47.0 Å². The Morgan fingerprint density at radius 3 is 2.53 bits per heavy atom. The van der Waals surface area contributed by atoms with Crippen molar-refractivity contribution >= 4 is 0 Å². The van der Waals surface area contributed by atoms with Crippen molar-refractivity contribution in [1.29, 1.82) is 5.26 Å². The van der Waals surface area contributed by atoms with Crippen LogP contribution in [-0.2, 0) is 0 Å². The maximum atomic E-state index is 9.25. The van der Waals surface area contributed by atoms with Crippen LogP contribution in [0.4, 0.5) is 0 Å². The van der Waals surface area contributed by atoms with Crippen LogP contribution < -0.4 is 0 Å². The van der Waals surface area contributed by atoms with Gasteiger partial charge in [-0.25, -0.2) is 0 Å². The fourth-order valence-electron chi connectivity index (χ4n) is 2.85. The van der Waals surface area contributed by atoms with Crippen molar-refractivity contribution < 1.29 is 0 Å². The number of hydrogen-bond acceptors (Lipinski definition) is 1. The topological polar surface area (TPSA) is 23.8 Å². The molecule has 0 spiro atoms. The summed E-state index contributed by atoms with van der Waals surface area (Å²) < 4.78 is 0. The Morgan fingerprint density at radius 2 is 2.13 bits per heavy atom. The maximum Gasteiger partial charge on any atom is 0.0662 e. The largest absolute Gasteiger partial charge is 0.198 e. The lowest BCUT2D eigenvalue weighted by Gasteiger charge is -2.33. The average molecular weight is 205 g/mol. The quantitative estimate of drug-likeness (QED) is 0.634. The summed E-state index contributed by atoms with van der Waals surface area (Å²) in [7, 11) is 0. The van der Waals surface area contributed by atoms with Crippen LogP contribution in [0.3, 0.4) is 0 Å². The molecule has 1 aliphatic rings. The van der Waals surface area contributed by atoms with E-state index in [1.165, 1.54) is 12.8 Å². The Balaban J connectivity index is 2.74. The summed E-state index contributed by atoms with van der Waals surface area (Å²) in [4.78, 5) is 0. The fraction of sp³-hybridized carbons (Fsp3) is 0.786. The van der Waals surface area contributed by atoms with Crippen molar-refractivity contribution in [3.63, 3.8) is 0 Å². The number of rotatable bonds is 3. The lowest BCUT2D eigenvalue weighted by atomic mass is 9.70. The normalized spacial score (nSPS) is 31.7. The molecular formula is C14H23N. The van der Waals surface area contributed by atoms with Gasteiger partial charge in [-0.05, 0) is 43.4 Å². The van der Waals surface area contributed by atoms with E-state index in [1.54, 1.807) is 0 Å². The van der Waals surface area contributed by atoms with E-state index in [-0.39, 0.29) is 5.92 Å². The zero-order valence-electron chi connectivity index (χ0n) is 10.5. The first-order chi connectivity index (χ1) is 7.04. The highest BCUT2D eigenvalue weighted by Crippen LogP contribution is 2.50. The third-order valence-corrected chi connectivity index (χ3v) is 4.41. The molecule has 1 nitrogen and oxygen atoms in total. The Morgan fingerprint density at radius 1 is 1.47 bits per heavy atom. The van der Waals surface area contributed by atoms with Gasteiger partial charge in [0.25, 0.3) is 0 Å². The van der Waals surface area contributed by atoms with Gasteiger partial charge in [0.1, 0.15) is 0 Å². The molecule has 0 aromatic rings. The van der Waals surface area contributed by atoms with Crippen molar-refractivity contribution in [3.8, 4) is 6.07 Å². The molecule has 0 aromatic heterocycles. The number of nitrogens with zero attached hydrogens (tertiary/aromatic N) is 1. The van der Waals surface area contributed by atoms with Gasteiger partial charge in [0.15, 0.2) is 0 Å². The summed E-state index contributed by atoms with van der Waals surface area (Å²) in [5.74, 6) is 1.54. The first-order valence-electron chi connectivity index (χ1n) is 6.04. The van der Waals surface area contributed by atoms with Crippen LogP contribution in [0.2, 0.25) is 0 Å². The molecule has 1 saturated carbocycles. The van der Waals surface area contributed by atoms with Gasteiger partial charge in [0.2, 0.25) is 0 Å². The van der Waals surface area contributed by atoms with E-state index >= 15 is 0 Å². The molecule has 0 radical (unpaired) electrons. The molecule has 1 aliphatic carbocycles. The molecule has 0 saturated heterocycles. The highest BCUT2D eigenvalue weighted by atomic mass is 14.5. The smallest absolute Gasteiger partial charge is 0.0662 e. The van der Waals surface area contributed by atoms with Crippen molar-refractivity contribution in [2.75, 3.05) is 0 Å². The third-order valence-electron chi connectivity index (χ3n) is 4.41. The summed E-state index contributed by atoms with van der Waals surface area (Å²) in [6.45, 7) is 9.01. The molecule has 0 aromatic carbocycles. The summed E-state index contributed by atoms with van der Waals surface area (Å²) in [6, 6.07) is 2.50. The predicted octanol–water partition coefficient (Wildman–Crippen LogP) is 4.16. The molecule has 1 fully saturated rings. The number of nitriles is 1. The van der Waals surface area contributed by atoms with Crippen LogP contribution in [0.25, 0.3) is 0 Å². The third kappa shape index (κ3) is 2.43. The van der Waals surface area contributed by atoms with Gasteiger partial charge < -0.3 is 0 Å². The first kappa shape index (κ1) is 12.3. The minimum atomic E-state index is 0.209. The highest BCUT2D eigenvalue weighted by molar-refractivity contribution is 5.02. The zero-order chi connectivity index (χ0) is 11.5. The van der Waals surface area contributed by atoms with Crippen LogP contribution in [-0.4, -0.2) is 0 Å². The summed E-state index contributed by atoms with van der Waals surface area (Å²) in [6.07, 6.45) is 7.62. The zero-order valence-corrected chi connectivity index (χ0v) is 10.5. The summed E-state index contributed by atoms with van der Waals surface area (Å²) in [5, 5.41) is 9.25. The van der Waals surface area contributed by atoms with E-state index in [0.29, 0.717) is 11.3 Å². The van der Waals surface area contributed by atoms with E-state index in [0.717, 1.165) is 12.3 Å². The van der Waals surface area contributed by atoms with E-state index in [9.17, 15) is 5.26 Å². The maximum absolute atomic E-state index is 9.25. The Labute approximate surface area is 94.2 Å². The van der Waals surface area contributed by atoms with Gasteiger partial charge in [0.05, 0.1) is 12.0 Å². The van der Waals surface area contributed by atoms with E-state index in [4.69, 9.17) is 0 Å². The molecule has 0 aliphatic heterocycles. The Kier molecular flexibility index (Phi) is 3.97. The van der Waals surface area contributed by atoms with Crippen molar-refractivity contribution in [2.24, 2.45) is 23.2 Å². The van der Waals surface area contributed by atoms with Gasteiger partial charge in [0, 0.05) is 0 Å². The summed E-state index contributed by atoms with van der Waals surface area (Å²) in [5.41, 5.74) is 0.335. The Hall–Kier alpha value is -0.770. The highest BCUT2D eigenvalue weighted by Gasteiger charge is 2.43. The first-order valence-corrected chi connectivity index (χ1v) is 6.04. The lowest BCUT2D eigenvalue weighted by Crippen LogP contribution is -2.28. The number of hydrogen-bond donors (Lipinski definition) is 0. The van der Waals surface area contributed by atoms with Crippen LogP contribution in [0.15, 0.2) is 12.2 Å². The Bertz CT molecular complexity index is 270. The average Bonchev–Trinajstić information content (AvgIpc) is 2.45. The van der Waals surface area contributed by atoms with Crippen LogP contribution in [0, 0.1) is 34.5 Å². The molecule has 1 heteroatoms. The van der Waals surface area contributed by atoms with Gasteiger partial charge >= 0.3 is 0 Å². The van der Waals surface area contributed by atoms with Crippen molar-refractivity contribution in [3.05, 3.63) is 12.2 Å². The lowest BCUT2D eigenvalue weighted by molar-refractivity contribution is 0.162. The molecule has 3 unspecified atom stereocenters. The number of allylic oxidation sites excluding steroid dienone is 2. The molecule has 0 amide bonds. The van der Waals surface area contributed by atoms with Gasteiger partial charge in [-0.3, -0.25) is 0 Å². The van der Waals surface area contributed by atoms with Crippen molar-refractivity contribution in [1.82, 2.24) is 0 Å². The predicted molar refractivity (Wildman–Crippen MR) is 64.2 cm³/mol. The standard InChI is InChI=1S/C14H23N/c1-5-6-7-12(10-15)13-9-8-11(2)14(13,3)4/h5-6,11-13H,7-9H2,1-4H3/b6-5+. The SMILES string of the molecule is C/C=C/CC(C#N)C1CCC(C)C1(C)C. The van der Waals surface area contributed by atoms with E-state index < -0.39 is 0 Å². The van der Waals surface area contributed by atoms with E-state index in [1.807, 2.05) is 6.92 Å². The summed E-state index contributed by atoms with van der Waals surface area (Å²) >= 11 is 0. The molecule has 1 rings (SSSR count). The minimum absolute atomic E-state index is 0.209. The van der Waals surface area contributed by atoms with Crippen molar-refractivity contribution in [2.45, 2.75) is 47.0 Å². The second kappa shape index (κ2) is 4.84. The van der Waals surface area contributed by atoms with E-state index in [2.05, 4.69) is 39.0 Å². The monoisotopic (exact) mass is 205 g/mol. The molecular weight excluding hydrogens is 182 g/mol. The van der Waals surface area contributed by atoms with Gasteiger partial charge in [-0.1, -0.05) is 32.9 Å². The fourth-order valence-corrected chi connectivity index (χ4v) is 2.85. The minimum Gasteiger partial charge on any atom is -0.198 e. The molecule has 15 heavy (non-hydrogen) atoms. The second-order valence-electron chi connectivity index (χ2n) is 5.45. The van der Waals surface area contributed by atoms with Gasteiger partial charge in [-0.15, -0.1) is 0 Å². The van der Waals surface area contributed by atoms with Crippen LogP contribution >= 0.6 is 0 Å².